The molecule has 6 heteroatoms. The molecule has 0 bridgehead atoms. The van der Waals surface area contributed by atoms with E-state index in [0.717, 1.165) is 0 Å². The van der Waals surface area contributed by atoms with E-state index < -0.39 is 6.09 Å². The van der Waals surface area contributed by atoms with Gasteiger partial charge in [0.1, 0.15) is 5.75 Å². The van der Waals surface area contributed by atoms with Crippen molar-refractivity contribution in [3.63, 3.8) is 0 Å². The van der Waals surface area contributed by atoms with E-state index in [1.54, 1.807) is 19.1 Å². The fourth-order valence-corrected chi connectivity index (χ4v) is 2.07. The topological polar surface area (TPSA) is 58.6 Å². The number of carbonyl (C=O) groups excluding carboxylic acids is 1. The van der Waals surface area contributed by atoms with Crippen molar-refractivity contribution < 1.29 is 14.6 Å². The number of cyclic esters (lactones) is 1. The number of hydrogen-bond donors (Lipinski definition) is 2. The summed E-state index contributed by atoms with van der Waals surface area (Å²) in [7, 11) is 0. The molecule has 1 aliphatic heterocycles. The molecule has 0 saturated carbocycles. The highest BCUT2D eigenvalue weighted by atomic mass is 35.5. The average molecular weight is 278 g/mol. The summed E-state index contributed by atoms with van der Waals surface area (Å²) < 4.78 is 4.77. The first-order valence-electron chi connectivity index (χ1n) is 5.00. The number of phenolic OH excluding ortho intramolecular Hbond substituents is 1. The molecule has 1 aromatic rings. The molecule has 0 aliphatic carbocycles. The summed E-state index contributed by atoms with van der Waals surface area (Å²) in [6.07, 6.45) is 0.160. The van der Waals surface area contributed by atoms with Gasteiger partial charge in [-0.15, -0.1) is 12.4 Å². The van der Waals surface area contributed by atoms with Crippen LogP contribution in [0.1, 0.15) is 23.6 Å². The smallest absolute Gasteiger partial charge is 0.407 e. The third kappa shape index (κ3) is 2.96. The van der Waals surface area contributed by atoms with Gasteiger partial charge in [0.05, 0.1) is 12.6 Å². The van der Waals surface area contributed by atoms with Gasteiger partial charge in [0.2, 0.25) is 0 Å². The predicted octanol–water partition coefficient (Wildman–Crippen LogP) is 2.95. The Morgan fingerprint density at radius 3 is 2.88 bits per heavy atom. The molecule has 17 heavy (non-hydrogen) atoms. The second kappa shape index (κ2) is 5.47. The molecule has 0 radical (unpaired) electrons. The van der Waals surface area contributed by atoms with E-state index in [-0.39, 0.29) is 24.2 Å². The number of aromatic hydroxyl groups is 1. The van der Waals surface area contributed by atoms with Crippen molar-refractivity contribution in [3.05, 3.63) is 28.3 Å². The fraction of sp³-hybridized carbons (Fsp3) is 0.364. The molecule has 2 N–H and O–H groups in total. The Bertz CT molecular complexity index is 437. The van der Waals surface area contributed by atoms with Crippen LogP contribution in [0.5, 0.6) is 5.75 Å². The number of nitrogens with one attached hydrogen (secondary N) is 1. The van der Waals surface area contributed by atoms with Crippen molar-refractivity contribution >= 4 is 30.1 Å². The Labute approximate surface area is 110 Å². The average Bonchev–Trinajstić information content (AvgIpc) is 2.23. The monoisotopic (exact) mass is 277 g/mol. The van der Waals surface area contributed by atoms with E-state index in [1.165, 1.54) is 0 Å². The molecular formula is C11H13Cl2NO3. The summed E-state index contributed by atoms with van der Waals surface area (Å²) in [6.45, 7) is 2.12. The quantitative estimate of drug-likeness (QED) is 0.830. The lowest BCUT2D eigenvalue weighted by atomic mass is 10.00. The van der Waals surface area contributed by atoms with Gasteiger partial charge in [-0.2, -0.15) is 0 Å². The van der Waals surface area contributed by atoms with Crippen LogP contribution in [-0.4, -0.2) is 17.8 Å². The summed E-state index contributed by atoms with van der Waals surface area (Å²) in [4.78, 5) is 11.1. The molecule has 0 spiro atoms. The zero-order valence-corrected chi connectivity index (χ0v) is 10.8. The zero-order chi connectivity index (χ0) is 11.7. The number of aryl methyl sites for hydroxylation is 1. The van der Waals surface area contributed by atoms with Crippen LogP contribution in [0.15, 0.2) is 12.1 Å². The SMILES string of the molecule is Cc1cc(Cl)cc([C@H]2CCOC(=O)N2)c1O.Cl. The number of phenols is 1. The number of amides is 1. The second-order valence-corrected chi connectivity index (χ2v) is 4.22. The van der Waals surface area contributed by atoms with Gasteiger partial charge >= 0.3 is 6.09 Å². The molecule has 94 valence electrons. The van der Waals surface area contributed by atoms with Crippen molar-refractivity contribution in [3.8, 4) is 5.75 Å². The lowest BCUT2D eigenvalue weighted by Gasteiger charge is -2.24. The first kappa shape index (κ1) is 13.9. The summed E-state index contributed by atoms with van der Waals surface area (Å²) in [6, 6.07) is 3.11. The minimum Gasteiger partial charge on any atom is -0.507 e. The van der Waals surface area contributed by atoms with E-state index in [1.807, 2.05) is 0 Å². The molecule has 1 heterocycles. The summed E-state index contributed by atoms with van der Waals surface area (Å²) >= 11 is 5.92. The lowest BCUT2D eigenvalue weighted by molar-refractivity contribution is 0.115. The molecule has 1 fully saturated rings. The number of benzene rings is 1. The molecule has 1 aliphatic rings. The fourth-order valence-electron chi connectivity index (χ4n) is 1.79. The maximum absolute atomic E-state index is 11.1. The van der Waals surface area contributed by atoms with Crippen LogP contribution in [0.4, 0.5) is 4.79 Å². The normalized spacial score (nSPS) is 18.9. The van der Waals surface area contributed by atoms with Gasteiger partial charge in [-0.05, 0) is 24.6 Å². The lowest BCUT2D eigenvalue weighted by Crippen LogP contribution is -2.35. The molecule has 1 atom stereocenters. The van der Waals surface area contributed by atoms with E-state index >= 15 is 0 Å². The van der Waals surface area contributed by atoms with E-state index in [4.69, 9.17) is 16.3 Å². The zero-order valence-electron chi connectivity index (χ0n) is 9.20. The summed E-state index contributed by atoms with van der Waals surface area (Å²) in [5.41, 5.74) is 1.34. The van der Waals surface area contributed by atoms with Gasteiger partial charge in [-0.25, -0.2) is 4.79 Å². The Morgan fingerprint density at radius 1 is 1.53 bits per heavy atom. The largest absolute Gasteiger partial charge is 0.507 e. The molecule has 0 aromatic heterocycles. The highest BCUT2D eigenvalue weighted by Gasteiger charge is 2.24. The third-order valence-electron chi connectivity index (χ3n) is 2.60. The Kier molecular flexibility index (Phi) is 4.48. The van der Waals surface area contributed by atoms with Crippen LogP contribution >= 0.6 is 24.0 Å². The molecule has 4 nitrogen and oxygen atoms in total. The van der Waals surface area contributed by atoms with Gasteiger partial charge in [-0.1, -0.05) is 11.6 Å². The van der Waals surface area contributed by atoms with Crippen LogP contribution in [-0.2, 0) is 4.74 Å². The van der Waals surface area contributed by atoms with Gasteiger partial charge in [0, 0.05) is 17.0 Å². The predicted molar refractivity (Wildman–Crippen MR) is 66.9 cm³/mol. The first-order valence-corrected chi connectivity index (χ1v) is 5.38. The Morgan fingerprint density at radius 2 is 2.24 bits per heavy atom. The van der Waals surface area contributed by atoms with Crippen LogP contribution in [0.25, 0.3) is 0 Å². The van der Waals surface area contributed by atoms with Crippen LogP contribution in [0.3, 0.4) is 0 Å². The first-order chi connectivity index (χ1) is 7.58. The van der Waals surface area contributed by atoms with Crippen molar-refractivity contribution in [2.45, 2.75) is 19.4 Å². The van der Waals surface area contributed by atoms with Crippen molar-refractivity contribution in [1.29, 1.82) is 0 Å². The number of hydrogen-bond acceptors (Lipinski definition) is 3. The molecule has 1 amide bonds. The van der Waals surface area contributed by atoms with E-state index in [9.17, 15) is 9.90 Å². The molecule has 1 aromatic carbocycles. The van der Waals surface area contributed by atoms with Crippen LogP contribution in [0.2, 0.25) is 5.02 Å². The second-order valence-electron chi connectivity index (χ2n) is 3.78. The van der Waals surface area contributed by atoms with Gasteiger partial charge in [0.25, 0.3) is 0 Å². The van der Waals surface area contributed by atoms with Gasteiger partial charge in [0.15, 0.2) is 0 Å². The van der Waals surface area contributed by atoms with Gasteiger partial charge < -0.3 is 15.2 Å². The molecule has 0 unspecified atom stereocenters. The Balaban J connectivity index is 0.00000144. The third-order valence-corrected chi connectivity index (χ3v) is 2.82. The minimum absolute atomic E-state index is 0. The highest BCUT2D eigenvalue weighted by Crippen LogP contribution is 2.33. The van der Waals surface area contributed by atoms with Crippen molar-refractivity contribution in [2.24, 2.45) is 0 Å². The maximum atomic E-state index is 11.1. The summed E-state index contributed by atoms with van der Waals surface area (Å²) in [5.74, 6) is 0.177. The number of carbonyl (C=O) groups is 1. The standard InChI is InChI=1S/C11H12ClNO3.ClH/c1-6-4-7(12)5-8(10(6)14)9-2-3-16-11(15)13-9;/h4-5,9,14H,2-3H2,1H3,(H,13,15);1H/t9-;/m1./s1. The van der Waals surface area contributed by atoms with E-state index in [0.29, 0.717) is 29.2 Å². The van der Waals surface area contributed by atoms with Crippen molar-refractivity contribution in [2.75, 3.05) is 6.61 Å². The summed E-state index contributed by atoms with van der Waals surface area (Å²) in [5, 5.41) is 13.1. The highest BCUT2D eigenvalue weighted by molar-refractivity contribution is 6.30. The number of ether oxygens (including phenoxy) is 1. The Hall–Kier alpha value is -1.13. The maximum Gasteiger partial charge on any atom is 0.407 e. The molecule has 1 saturated heterocycles. The van der Waals surface area contributed by atoms with Gasteiger partial charge in [-0.3, -0.25) is 0 Å². The van der Waals surface area contributed by atoms with Crippen LogP contribution in [0, 0.1) is 6.92 Å². The van der Waals surface area contributed by atoms with E-state index in [2.05, 4.69) is 5.32 Å². The van der Waals surface area contributed by atoms with Crippen LogP contribution < -0.4 is 5.32 Å². The van der Waals surface area contributed by atoms with Crippen molar-refractivity contribution in [1.82, 2.24) is 5.32 Å². The molecule has 2 rings (SSSR count). The number of halogens is 2. The number of alkyl carbamates (subject to hydrolysis) is 1. The molecular weight excluding hydrogens is 265 g/mol. The number of rotatable bonds is 1. The minimum atomic E-state index is -0.465.